The summed E-state index contributed by atoms with van der Waals surface area (Å²) in [4.78, 5) is 42.3. The normalized spacial score (nSPS) is 18.1. The van der Waals surface area contributed by atoms with Crippen LogP contribution in [0, 0.1) is 0 Å². The number of piperazine rings is 2. The molecule has 6 aromatic rings. The SMILES string of the molecule is CCC(NC(=O)C(C(C(=O)NCCN(C(C)C)C(C)C)N1CCN(CCCCCOc2ccc3c(-c4ccc(Cl)cc4)coc3c2)CC1)N1CCN(CCCCCOc2ccc3c(-c4ccc(Cl)cc4)coc3c2)CC1)C1CCCN1. The molecule has 16 heteroatoms. The number of amides is 2. The molecule has 4 aromatic carbocycles. The van der Waals surface area contributed by atoms with Crippen LogP contribution >= 0.6 is 23.2 Å². The molecule has 4 atom stereocenters. The van der Waals surface area contributed by atoms with Gasteiger partial charge in [0.15, 0.2) is 0 Å². The second kappa shape index (κ2) is 29.9. The van der Waals surface area contributed by atoms with Crippen molar-refractivity contribution >= 4 is 57.0 Å². The first kappa shape index (κ1) is 60.4. The highest BCUT2D eigenvalue weighted by atomic mass is 35.5. The zero-order valence-electron chi connectivity index (χ0n) is 48.6. The molecule has 4 unspecified atom stereocenters. The van der Waals surface area contributed by atoms with Crippen molar-refractivity contribution in [1.82, 2.24) is 40.4 Å². The van der Waals surface area contributed by atoms with E-state index in [1.165, 1.54) is 0 Å². The molecule has 0 aliphatic carbocycles. The van der Waals surface area contributed by atoms with Crippen LogP contribution in [0.3, 0.4) is 0 Å². The van der Waals surface area contributed by atoms with E-state index in [9.17, 15) is 0 Å². The number of hydrogen-bond donors (Lipinski definition) is 3. The minimum atomic E-state index is -0.625. The third-order valence-electron chi connectivity index (χ3n) is 17.0. The molecule has 0 saturated carbocycles. The summed E-state index contributed by atoms with van der Waals surface area (Å²) in [5.41, 5.74) is 5.80. The minimum Gasteiger partial charge on any atom is -0.493 e. The molecule has 81 heavy (non-hydrogen) atoms. The van der Waals surface area contributed by atoms with Crippen molar-refractivity contribution < 1.29 is 27.9 Å². The average Bonchev–Trinajstić information content (AvgIpc) is 4.48. The highest BCUT2D eigenvalue weighted by Crippen LogP contribution is 2.35. The number of unbranched alkanes of at least 4 members (excludes halogenated alkanes) is 4. The van der Waals surface area contributed by atoms with Gasteiger partial charge in [-0.15, -0.1) is 0 Å². The van der Waals surface area contributed by atoms with E-state index in [2.05, 4.69) is 87.2 Å². The fourth-order valence-electron chi connectivity index (χ4n) is 12.4. The van der Waals surface area contributed by atoms with Gasteiger partial charge < -0.3 is 44.1 Å². The summed E-state index contributed by atoms with van der Waals surface area (Å²) in [5, 5.41) is 14.1. The number of hydrogen-bond acceptors (Lipinski definition) is 12. The topological polar surface area (TPSA) is 131 Å². The standard InChI is InChI=1S/C65H88Cl2N8O6/c1-6-58(59-14-13-27-68-59)70-65(77)63(74-38-34-72(35-39-74)30-10-8-12-41-79-53-24-26-55-57(45-81-61(55)43-53)49-17-21-51(67)22-18-49)62(64(76)69-28-31-75(46(2)3)47(4)5)73-36-32-71(33-37-73)29-9-7-11-40-78-52-23-25-54-56(44-80-60(54)42-52)48-15-19-50(66)20-16-48/h15-26,42-47,58-59,62-63,68H,6-14,27-41H2,1-5H3,(H,69,76)(H,70,77). The largest absolute Gasteiger partial charge is 0.493 e. The van der Waals surface area contributed by atoms with Crippen LogP contribution in [-0.2, 0) is 9.59 Å². The van der Waals surface area contributed by atoms with Gasteiger partial charge in [-0.3, -0.25) is 24.3 Å². The summed E-state index contributed by atoms with van der Waals surface area (Å²) in [7, 11) is 0. The van der Waals surface area contributed by atoms with Crippen LogP contribution in [0.25, 0.3) is 44.2 Å². The second-order valence-corrected chi connectivity index (χ2v) is 23.9. The number of ether oxygens (including phenoxy) is 2. The van der Waals surface area contributed by atoms with Crippen molar-refractivity contribution in [1.29, 1.82) is 0 Å². The van der Waals surface area contributed by atoms with E-state index in [1.807, 2.05) is 72.8 Å². The molecule has 3 aliphatic heterocycles. The Morgan fingerprint density at radius 2 is 1.12 bits per heavy atom. The monoisotopic (exact) mass is 1150 g/mol. The summed E-state index contributed by atoms with van der Waals surface area (Å²) in [6, 6.07) is 27.4. The van der Waals surface area contributed by atoms with Crippen molar-refractivity contribution in [3.8, 4) is 33.8 Å². The lowest BCUT2D eigenvalue weighted by Crippen LogP contribution is -2.69. The van der Waals surface area contributed by atoms with Gasteiger partial charge in [0.05, 0.1) is 25.7 Å². The maximum absolute atomic E-state index is 15.2. The quantitative estimate of drug-likeness (QED) is 0.0387. The molecule has 2 aromatic heterocycles. The Kier molecular flexibility index (Phi) is 22.3. The third kappa shape index (κ3) is 16.3. The van der Waals surface area contributed by atoms with Crippen molar-refractivity contribution in [2.45, 2.75) is 129 Å². The molecule has 9 rings (SSSR count). The van der Waals surface area contributed by atoms with E-state index >= 15 is 9.59 Å². The summed E-state index contributed by atoms with van der Waals surface area (Å²) in [6.07, 6.45) is 12.7. The predicted octanol–water partition coefficient (Wildman–Crippen LogP) is 11.5. The maximum atomic E-state index is 15.2. The highest BCUT2D eigenvalue weighted by Gasteiger charge is 2.44. The molecule has 3 fully saturated rings. The van der Waals surface area contributed by atoms with Gasteiger partial charge in [-0.1, -0.05) is 54.4 Å². The number of benzene rings is 4. The van der Waals surface area contributed by atoms with E-state index in [0.717, 1.165) is 192 Å². The van der Waals surface area contributed by atoms with Gasteiger partial charge in [0.2, 0.25) is 11.8 Å². The zero-order valence-corrected chi connectivity index (χ0v) is 50.1. The van der Waals surface area contributed by atoms with Gasteiger partial charge in [0.25, 0.3) is 0 Å². The lowest BCUT2D eigenvalue weighted by molar-refractivity contribution is -0.141. The third-order valence-corrected chi connectivity index (χ3v) is 17.5. The minimum absolute atomic E-state index is 0.000876. The summed E-state index contributed by atoms with van der Waals surface area (Å²) < 4.78 is 24.2. The first-order valence-corrected chi connectivity index (χ1v) is 31.0. The van der Waals surface area contributed by atoms with Gasteiger partial charge in [0, 0.05) is 134 Å². The van der Waals surface area contributed by atoms with E-state index in [4.69, 9.17) is 41.5 Å². The van der Waals surface area contributed by atoms with Crippen LogP contribution < -0.4 is 25.4 Å². The summed E-state index contributed by atoms with van der Waals surface area (Å²) in [5.74, 6) is 1.54. The molecular weight excluding hydrogens is 1060 g/mol. The van der Waals surface area contributed by atoms with Gasteiger partial charge in [-0.25, -0.2) is 0 Å². The Bertz CT molecular complexity index is 2880. The number of nitrogens with zero attached hydrogens (tertiary/aromatic N) is 5. The molecule has 5 heterocycles. The van der Waals surface area contributed by atoms with E-state index < -0.39 is 12.1 Å². The Morgan fingerprint density at radius 1 is 0.642 bits per heavy atom. The molecule has 438 valence electrons. The number of carbonyl (C=O) groups is 2. The lowest BCUT2D eigenvalue weighted by atomic mass is 9.98. The number of furan rings is 2. The smallest absolute Gasteiger partial charge is 0.239 e. The molecule has 0 bridgehead atoms. The molecule has 3 N–H and O–H groups in total. The van der Waals surface area contributed by atoms with Crippen LogP contribution in [0.1, 0.15) is 92.4 Å². The van der Waals surface area contributed by atoms with Crippen LogP contribution in [-0.4, -0.2) is 171 Å². The lowest BCUT2D eigenvalue weighted by Gasteiger charge is -2.46. The van der Waals surface area contributed by atoms with E-state index in [-0.39, 0.29) is 23.9 Å². The molecule has 3 saturated heterocycles. The predicted molar refractivity (Wildman–Crippen MR) is 329 cm³/mol. The summed E-state index contributed by atoms with van der Waals surface area (Å²) in [6.45, 7) is 22.7. The van der Waals surface area contributed by atoms with Gasteiger partial charge in [-0.05, 0) is 165 Å². The molecular formula is C65H88Cl2N8O6. The highest BCUT2D eigenvalue weighted by molar-refractivity contribution is 6.31. The summed E-state index contributed by atoms with van der Waals surface area (Å²) >= 11 is 12.3. The fraction of sp³-hybridized carbons (Fsp3) is 0.538. The molecule has 0 radical (unpaired) electrons. The first-order valence-electron chi connectivity index (χ1n) is 30.2. The molecule has 3 aliphatic rings. The van der Waals surface area contributed by atoms with E-state index in [1.54, 1.807) is 12.5 Å². The molecule has 2 amide bonds. The Balaban J connectivity index is 0.779. The van der Waals surface area contributed by atoms with Gasteiger partial charge >= 0.3 is 0 Å². The number of nitrogens with one attached hydrogen (secondary N) is 3. The van der Waals surface area contributed by atoms with Crippen molar-refractivity contribution in [3.05, 3.63) is 108 Å². The number of carbonyl (C=O) groups excluding carboxylic acids is 2. The number of rotatable bonds is 29. The fourth-order valence-corrected chi connectivity index (χ4v) is 12.6. The van der Waals surface area contributed by atoms with Crippen LogP contribution in [0.2, 0.25) is 10.0 Å². The Labute approximate surface area is 491 Å². The number of halogens is 2. The van der Waals surface area contributed by atoms with Crippen molar-refractivity contribution in [2.75, 3.05) is 98.3 Å². The van der Waals surface area contributed by atoms with Crippen LogP contribution in [0.5, 0.6) is 11.5 Å². The Hall–Kier alpha value is -5.16. The maximum Gasteiger partial charge on any atom is 0.239 e. The van der Waals surface area contributed by atoms with Crippen LogP contribution in [0.15, 0.2) is 106 Å². The number of fused-ring (bicyclic) bond motifs is 2. The van der Waals surface area contributed by atoms with Crippen molar-refractivity contribution in [3.63, 3.8) is 0 Å². The molecule has 0 spiro atoms. The van der Waals surface area contributed by atoms with E-state index in [0.29, 0.717) is 41.9 Å². The van der Waals surface area contributed by atoms with Gasteiger partial charge in [0.1, 0.15) is 34.7 Å². The second-order valence-electron chi connectivity index (χ2n) is 23.0. The zero-order chi connectivity index (χ0) is 56.7. The van der Waals surface area contributed by atoms with Crippen molar-refractivity contribution in [2.24, 2.45) is 0 Å². The van der Waals surface area contributed by atoms with Gasteiger partial charge in [-0.2, -0.15) is 0 Å². The Morgan fingerprint density at radius 3 is 1.57 bits per heavy atom. The van der Waals surface area contributed by atoms with Crippen LogP contribution in [0.4, 0.5) is 0 Å². The first-order chi connectivity index (χ1) is 39.4. The average molecular weight is 1150 g/mol. The molecule has 14 nitrogen and oxygen atoms in total.